The quantitative estimate of drug-likeness (QED) is 0.891. The number of nitrogens with zero attached hydrogens (tertiary/aromatic N) is 1. The van der Waals surface area contributed by atoms with Crippen LogP contribution in [0.2, 0.25) is 0 Å². The van der Waals surface area contributed by atoms with Gasteiger partial charge in [0.1, 0.15) is 11.9 Å². The summed E-state index contributed by atoms with van der Waals surface area (Å²) in [7, 11) is 1.62. The van der Waals surface area contributed by atoms with E-state index in [1.165, 1.54) is 11.3 Å². The van der Waals surface area contributed by atoms with E-state index in [2.05, 4.69) is 10.3 Å². The molecule has 1 atom stereocenters. The second-order valence-corrected chi connectivity index (χ2v) is 5.45. The lowest BCUT2D eigenvalue weighted by atomic mass is 10.2. The molecule has 1 aromatic carbocycles. The smallest absolute Gasteiger partial charge is 0.255 e. The first-order valence-electron chi connectivity index (χ1n) is 6.56. The number of hydrogen-bond acceptors (Lipinski definition) is 5. The van der Waals surface area contributed by atoms with E-state index < -0.39 is 6.10 Å². The summed E-state index contributed by atoms with van der Waals surface area (Å²) in [5, 5.41) is 5.22. The largest absolute Gasteiger partial charge is 0.497 e. The van der Waals surface area contributed by atoms with Crippen LogP contribution < -0.4 is 10.1 Å². The van der Waals surface area contributed by atoms with Gasteiger partial charge in [0, 0.05) is 5.38 Å². The van der Waals surface area contributed by atoms with Gasteiger partial charge in [-0.15, -0.1) is 11.3 Å². The van der Waals surface area contributed by atoms with E-state index in [-0.39, 0.29) is 5.91 Å². The molecule has 0 saturated heterocycles. The minimum absolute atomic E-state index is 0.202. The molecule has 0 radical (unpaired) electrons. The fourth-order valence-electron chi connectivity index (χ4n) is 1.68. The summed E-state index contributed by atoms with van der Waals surface area (Å²) in [4.78, 5) is 16.2. The van der Waals surface area contributed by atoms with Crippen LogP contribution in [0.4, 0.5) is 5.13 Å². The molecule has 0 saturated carbocycles. The molecule has 6 heteroatoms. The zero-order chi connectivity index (χ0) is 15.2. The number of hydrogen-bond donors (Lipinski definition) is 1. The van der Waals surface area contributed by atoms with E-state index in [0.717, 1.165) is 17.0 Å². The zero-order valence-electron chi connectivity index (χ0n) is 12.3. The Morgan fingerprint density at radius 1 is 1.48 bits per heavy atom. The van der Waals surface area contributed by atoms with Crippen LogP contribution in [0, 0.1) is 6.92 Å². The van der Waals surface area contributed by atoms with Crippen molar-refractivity contribution in [2.45, 2.75) is 26.6 Å². The number of rotatable bonds is 6. The van der Waals surface area contributed by atoms with Crippen molar-refractivity contribution in [2.75, 3.05) is 12.4 Å². The van der Waals surface area contributed by atoms with Crippen LogP contribution in [0.3, 0.4) is 0 Å². The Kier molecular flexibility index (Phi) is 5.30. The van der Waals surface area contributed by atoms with Crippen LogP contribution in [0.1, 0.15) is 18.2 Å². The van der Waals surface area contributed by atoms with Crippen molar-refractivity contribution in [3.63, 3.8) is 0 Å². The maximum absolute atomic E-state index is 12.0. The predicted octanol–water partition coefficient (Wildman–Crippen LogP) is 3.00. The van der Waals surface area contributed by atoms with Crippen molar-refractivity contribution in [2.24, 2.45) is 0 Å². The molecule has 112 valence electrons. The third kappa shape index (κ3) is 4.54. The fourth-order valence-corrected chi connectivity index (χ4v) is 2.37. The van der Waals surface area contributed by atoms with Crippen molar-refractivity contribution in [3.8, 4) is 5.75 Å². The number of anilines is 1. The molecular formula is C15H18N2O3S. The predicted molar refractivity (Wildman–Crippen MR) is 82.7 cm³/mol. The van der Waals surface area contributed by atoms with Crippen LogP contribution in [0.15, 0.2) is 29.6 Å². The van der Waals surface area contributed by atoms with Gasteiger partial charge >= 0.3 is 0 Å². The summed E-state index contributed by atoms with van der Waals surface area (Å²) < 4.78 is 10.7. The Hall–Kier alpha value is -1.92. The molecular weight excluding hydrogens is 288 g/mol. The van der Waals surface area contributed by atoms with Gasteiger partial charge in [0.2, 0.25) is 0 Å². The van der Waals surface area contributed by atoms with Crippen molar-refractivity contribution in [3.05, 3.63) is 40.9 Å². The number of ether oxygens (including phenoxy) is 2. The third-order valence-corrected chi connectivity index (χ3v) is 3.73. The molecule has 1 amide bonds. The van der Waals surface area contributed by atoms with Crippen LogP contribution >= 0.6 is 11.3 Å². The molecule has 2 aromatic rings. The van der Waals surface area contributed by atoms with Gasteiger partial charge in [0.25, 0.3) is 5.91 Å². The second-order valence-electron chi connectivity index (χ2n) is 4.59. The monoisotopic (exact) mass is 306 g/mol. The molecule has 0 bridgehead atoms. The van der Waals surface area contributed by atoms with E-state index in [9.17, 15) is 4.79 Å². The second kappa shape index (κ2) is 7.19. The summed E-state index contributed by atoms with van der Waals surface area (Å²) in [6.45, 7) is 3.95. The molecule has 1 aromatic heterocycles. The van der Waals surface area contributed by atoms with Crippen molar-refractivity contribution >= 4 is 22.4 Å². The van der Waals surface area contributed by atoms with Gasteiger partial charge in [-0.25, -0.2) is 4.98 Å². The maximum atomic E-state index is 12.0. The van der Waals surface area contributed by atoms with Crippen molar-refractivity contribution in [1.82, 2.24) is 4.98 Å². The lowest BCUT2D eigenvalue weighted by Crippen LogP contribution is -2.27. The van der Waals surface area contributed by atoms with Crippen LogP contribution in [0.5, 0.6) is 5.75 Å². The molecule has 0 fully saturated rings. The van der Waals surface area contributed by atoms with E-state index >= 15 is 0 Å². The zero-order valence-corrected chi connectivity index (χ0v) is 13.1. The third-order valence-electron chi connectivity index (χ3n) is 2.85. The van der Waals surface area contributed by atoms with Gasteiger partial charge in [0.15, 0.2) is 5.13 Å². The molecule has 1 N–H and O–H groups in total. The highest BCUT2D eigenvalue weighted by Crippen LogP contribution is 2.16. The molecule has 1 heterocycles. The topological polar surface area (TPSA) is 60.5 Å². The van der Waals surface area contributed by atoms with Crippen molar-refractivity contribution in [1.29, 1.82) is 0 Å². The first kappa shape index (κ1) is 15.5. The Morgan fingerprint density at radius 2 is 2.29 bits per heavy atom. The number of benzene rings is 1. The number of carbonyl (C=O) groups excluding carboxylic acids is 1. The Morgan fingerprint density at radius 3 is 2.95 bits per heavy atom. The minimum Gasteiger partial charge on any atom is -0.497 e. The average Bonchev–Trinajstić information content (AvgIpc) is 2.90. The first-order valence-corrected chi connectivity index (χ1v) is 7.44. The number of thiazole rings is 1. The Labute approximate surface area is 127 Å². The highest BCUT2D eigenvalue weighted by atomic mass is 32.1. The molecule has 0 spiro atoms. The molecule has 2 rings (SSSR count). The maximum Gasteiger partial charge on any atom is 0.255 e. The number of aryl methyl sites for hydroxylation is 1. The molecule has 0 aliphatic heterocycles. The number of carbonyl (C=O) groups is 1. The SMILES string of the molecule is COc1cccc(CO[C@@H](C)C(=O)Nc2nc(C)cs2)c1. The van der Waals surface area contributed by atoms with Crippen LogP contribution in [-0.4, -0.2) is 24.1 Å². The summed E-state index contributed by atoms with van der Waals surface area (Å²) in [6, 6.07) is 7.57. The number of nitrogens with one attached hydrogen (secondary N) is 1. The van der Waals surface area contributed by atoms with Crippen LogP contribution in [0.25, 0.3) is 0 Å². The van der Waals surface area contributed by atoms with Gasteiger partial charge in [0.05, 0.1) is 19.4 Å². The van der Waals surface area contributed by atoms with E-state index in [4.69, 9.17) is 9.47 Å². The molecule has 0 aliphatic rings. The van der Waals surface area contributed by atoms with E-state index in [1.54, 1.807) is 14.0 Å². The molecule has 21 heavy (non-hydrogen) atoms. The fraction of sp³-hybridized carbons (Fsp3) is 0.333. The summed E-state index contributed by atoms with van der Waals surface area (Å²) >= 11 is 1.40. The highest BCUT2D eigenvalue weighted by molar-refractivity contribution is 7.13. The number of amides is 1. The molecule has 5 nitrogen and oxygen atoms in total. The van der Waals surface area contributed by atoms with Gasteiger partial charge in [-0.3, -0.25) is 10.1 Å². The molecule has 0 unspecified atom stereocenters. The van der Waals surface area contributed by atoms with Gasteiger partial charge in [-0.1, -0.05) is 12.1 Å². The summed E-state index contributed by atoms with van der Waals surface area (Å²) in [5.74, 6) is 0.568. The van der Waals surface area contributed by atoms with Crippen molar-refractivity contribution < 1.29 is 14.3 Å². The standard InChI is InChI=1S/C15H18N2O3S/c1-10-9-21-15(16-10)17-14(18)11(2)20-8-12-5-4-6-13(7-12)19-3/h4-7,9,11H,8H2,1-3H3,(H,16,17,18)/t11-/m0/s1. The average molecular weight is 306 g/mol. The van der Waals surface area contributed by atoms with Gasteiger partial charge in [-0.05, 0) is 31.5 Å². The van der Waals surface area contributed by atoms with Gasteiger partial charge < -0.3 is 9.47 Å². The Balaban J connectivity index is 1.85. The summed E-state index contributed by atoms with van der Waals surface area (Å²) in [6.07, 6.45) is -0.555. The Bertz CT molecular complexity index is 612. The lowest BCUT2D eigenvalue weighted by Gasteiger charge is -2.12. The summed E-state index contributed by atoms with van der Waals surface area (Å²) in [5.41, 5.74) is 1.85. The normalized spacial score (nSPS) is 12.0. The first-order chi connectivity index (χ1) is 10.1. The molecule has 0 aliphatic carbocycles. The lowest BCUT2D eigenvalue weighted by molar-refractivity contribution is -0.127. The van der Waals surface area contributed by atoms with E-state index in [1.807, 2.05) is 36.6 Å². The number of methoxy groups -OCH3 is 1. The van der Waals surface area contributed by atoms with Crippen LogP contribution in [-0.2, 0) is 16.1 Å². The van der Waals surface area contributed by atoms with Gasteiger partial charge in [-0.2, -0.15) is 0 Å². The number of aromatic nitrogens is 1. The minimum atomic E-state index is -0.555. The highest BCUT2D eigenvalue weighted by Gasteiger charge is 2.15. The van der Waals surface area contributed by atoms with E-state index in [0.29, 0.717) is 11.7 Å².